The third-order valence-corrected chi connectivity index (χ3v) is 2.90. The minimum Gasteiger partial charge on any atom is -0.366 e. The van der Waals surface area contributed by atoms with Crippen LogP contribution in [0.15, 0.2) is 40.6 Å². The van der Waals surface area contributed by atoms with Crippen LogP contribution >= 0.6 is 0 Å². The van der Waals surface area contributed by atoms with Gasteiger partial charge in [0.05, 0.1) is 0 Å². The molecule has 0 atom stereocenters. The van der Waals surface area contributed by atoms with Crippen LogP contribution in [0.2, 0.25) is 0 Å². The molecule has 0 fully saturated rings. The SMILES string of the molecule is O=C1N=NC(=O)N1S(=O)(=O)Oc1ccccc1. The van der Waals surface area contributed by atoms with Crippen LogP contribution in [-0.4, -0.2) is 24.8 Å². The molecular weight excluding hydrogens is 250 g/mol. The third kappa shape index (κ3) is 2.13. The molecule has 2 rings (SSSR count). The van der Waals surface area contributed by atoms with Gasteiger partial charge in [-0.3, -0.25) is 0 Å². The first-order valence-corrected chi connectivity index (χ1v) is 5.67. The molecule has 17 heavy (non-hydrogen) atoms. The molecule has 0 saturated carbocycles. The summed E-state index contributed by atoms with van der Waals surface area (Å²) in [5.41, 5.74) is 0. The topological polar surface area (TPSA) is 105 Å². The number of amides is 4. The second kappa shape index (κ2) is 3.94. The molecule has 0 saturated heterocycles. The average molecular weight is 255 g/mol. The summed E-state index contributed by atoms with van der Waals surface area (Å²) in [6.07, 6.45) is 0. The minimum atomic E-state index is -4.56. The zero-order chi connectivity index (χ0) is 12.5. The molecule has 9 heteroatoms. The number of azo groups is 1. The van der Waals surface area contributed by atoms with Gasteiger partial charge in [0.1, 0.15) is 5.75 Å². The smallest absolute Gasteiger partial charge is 0.366 e. The van der Waals surface area contributed by atoms with Gasteiger partial charge < -0.3 is 4.18 Å². The molecule has 8 nitrogen and oxygen atoms in total. The number of para-hydroxylation sites is 1. The zero-order valence-electron chi connectivity index (χ0n) is 8.18. The van der Waals surface area contributed by atoms with Gasteiger partial charge in [-0.15, -0.1) is 0 Å². The highest BCUT2D eigenvalue weighted by atomic mass is 32.2. The molecule has 0 aliphatic carbocycles. The lowest BCUT2D eigenvalue weighted by Crippen LogP contribution is -2.37. The van der Waals surface area contributed by atoms with Crippen molar-refractivity contribution >= 4 is 22.4 Å². The fourth-order valence-electron chi connectivity index (χ4n) is 1.07. The molecule has 1 aromatic carbocycles. The van der Waals surface area contributed by atoms with E-state index in [1.807, 2.05) is 0 Å². The number of carbonyl (C=O) groups is 2. The Morgan fingerprint density at radius 3 is 2.06 bits per heavy atom. The Balaban J connectivity index is 2.27. The van der Waals surface area contributed by atoms with Gasteiger partial charge in [0.25, 0.3) is 0 Å². The lowest BCUT2D eigenvalue weighted by Gasteiger charge is -2.11. The molecule has 0 radical (unpaired) electrons. The normalized spacial score (nSPS) is 15.4. The Hall–Kier alpha value is -2.29. The van der Waals surface area contributed by atoms with E-state index < -0.39 is 22.4 Å². The average Bonchev–Trinajstić information content (AvgIpc) is 2.59. The van der Waals surface area contributed by atoms with Gasteiger partial charge in [-0.2, -0.15) is 8.42 Å². The van der Waals surface area contributed by atoms with Gasteiger partial charge in [0.15, 0.2) is 0 Å². The quantitative estimate of drug-likeness (QED) is 0.809. The molecule has 1 heterocycles. The molecule has 0 bridgehead atoms. The van der Waals surface area contributed by atoms with E-state index in [2.05, 4.69) is 14.4 Å². The predicted molar refractivity (Wildman–Crippen MR) is 53.5 cm³/mol. The summed E-state index contributed by atoms with van der Waals surface area (Å²) in [4.78, 5) is 22.0. The van der Waals surface area contributed by atoms with Gasteiger partial charge in [0, 0.05) is 0 Å². The first-order valence-electron chi connectivity index (χ1n) is 4.30. The summed E-state index contributed by atoms with van der Waals surface area (Å²) < 4.78 is 27.5. The lowest BCUT2D eigenvalue weighted by atomic mass is 10.3. The van der Waals surface area contributed by atoms with Crippen LogP contribution in [0.5, 0.6) is 5.75 Å². The summed E-state index contributed by atoms with van der Waals surface area (Å²) in [5.74, 6) is -0.0278. The van der Waals surface area contributed by atoms with Crippen molar-refractivity contribution in [2.45, 2.75) is 0 Å². The molecule has 4 amide bonds. The summed E-state index contributed by atoms with van der Waals surface area (Å²) in [6, 6.07) is 4.83. The highest BCUT2D eigenvalue weighted by molar-refractivity contribution is 7.85. The standard InChI is InChI=1S/C8H5N3O5S/c12-7-9-10-8(13)11(7)17(14,15)16-6-4-2-1-3-5-6/h1-5H. The van der Waals surface area contributed by atoms with Crippen molar-refractivity contribution in [2.24, 2.45) is 10.2 Å². The fourth-order valence-corrected chi connectivity index (χ4v) is 1.96. The van der Waals surface area contributed by atoms with E-state index in [0.29, 0.717) is 0 Å². The molecule has 1 aliphatic heterocycles. The van der Waals surface area contributed by atoms with Crippen LogP contribution < -0.4 is 4.18 Å². The Kier molecular flexibility index (Phi) is 2.60. The first kappa shape index (κ1) is 11.2. The van der Waals surface area contributed by atoms with Gasteiger partial charge in [-0.25, -0.2) is 9.59 Å². The highest BCUT2D eigenvalue weighted by Crippen LogP contribution is 2.18. The number of benzene rings is 1. The van der Waals surface area contributed by atoms with Crippen molar-refractivity contribution in [3.05, 3.63) is 30.3 Å². The van der Waals surface area contributed by atoms with Gasteiger partial charge in [-0.1, -0.05) is 32.7 Å². The van der Waals surface area contributed by atoms with Crippen LogP contribution in [0.1, 0.15) is 0 Å². The number of hydrogen-bond acceptors (Lipinski definition) is 5. The molecule has 88 valence electrons. The van der Waals surface area contributed by atoms with E-state index in [1.165, 1.54) is 24.3 Å². The van der Waals surface area contributed by atoms with Crippen LogP contribution in [-0.2, 0) is 10.3 Å². The van der Waals surface area contributed by atoms with Crippen LogP contribution in [0.3, 0.4) is 0 Å². The van der Waals surface area contributed by atoms with E-state index in [0.717, 1.165) is 0 Å². The fraction of sp³-hybridized carbons (Fsp3) is 0. The number of nitrogens with zero attached hydrogens (tertiary/aromatic N) is 3. The maximum absolute atomic E-state index is 11.6. The van der Waals surface area contributed by atoms with Gasteiger partial charge in [0.2, 0.25) is 0 Å². The Morgan fingerprint density at radius 1 is 1.00 bits per heavy atom. The number of imide groups is 1. The Bertz CT molecular complexity index is 577. The van der Waals surface area contributed by atoms with E-state index in [4.69, 9.17) is 0 Å². The van der Waals surface area contributed by atoms with E-state index in [9.17, 15) is 18.0 Å². The van der Waals surface area contributed by atoms with Crippen molar-refractivity contribution in [1.29, 1.82) is 0 Å². The van der Waals surface area contributed by atoms with Crippen molar-refractivity contribution in [2.75, 3.05) is 0 Å². The molecule has 1 aliphatic rings. The van der Waals surface area contributed by atoms with E-state index in [-0.39, 0.29) is 10.1 Å². The molecule has 0 unspecified atom stereocenters. The zero-order valence-corrected chi connectivity index (χ0v) is 8.99. The van der Waals surface area contributed by atoms with Crippen LogP contribution in [0.4, 0.5) is 9.59 Å². The van der Waals surface area contributed by atoms with Gasteiger partial charge in [-0.05, 0) is 12.1 Å². The van der Waals surface area contributed by atoms with Crippen LogP contribution in [0, 0.1) is 0 Å². The molecule has 0 N–H and O–H groups in total. The molecule has 0 aromatic heterocycles. The monoisotopic (exact) mass is 255 g/mol. The first-order chi connectivity index (χ1) is 8.00. The number of urea groups is 2. The molecule has 1 aromatic rings. The largest absolute Gasteiger partial charge is 0.422 e. The third-order valence-electron chi connectivity index (χ3n) is 1.74. The van der Waals surface area contributed by atoms with E-state index in [1.54, 1.807) is 6.07 Å². The van der Waals surface area contributed by atoms with Crippen molar-refractivity contribution in [3.8, 4) is 5.75 Å². The van der Waals surface area contributed by atoms with Gasteiger partial charge >= 0.3 is 22.4 Å². The van der Waals surface area contributed by atoms with E-state index >= 15 is 0 Å². The Morgan fingerprint density at radius 2 is 1.53 bits per heavy atom. The summed E-state index contributed by atoms with van der Waals surface area (Å²) in [5, 5.41) is 5.62. The van der Waals surface area contributed by atoms with Crippen LogP contribution in [0.25, 0.3) is 0 Å². The van der Waals surface area contributed by atoms with Crippen molar-refractivity contribution in [3.63, 3.8) is 0 Å². The summed E-state index contributed by atoms with van der Waals surface area (Å²) in [6.45, 7) is 0. The Labute approximate surface area is 95.8 Å². The predicted octanol–water partition coefficient (Wildman–Crippen LogP) is 1.32. The molecule has 0 spiro atoms. The molecular formula is C8H5N3O5S. The second-order valence-corrected chi connectivity index (χ2v) is 4.27. The second-order valence-electron chi connectivity index (χ2n) is 2.88. The van der Waals surface area contributed by atoms with Crippen molar-refractivity contribution in [1.82, 2.24) is 4.31 Å². The number of rotatable bonds is 3. The maximum Gasteiger partial charge on any atom is 0.422 e. The number of hydrogen-bond donors (Lipinski definition) is 0. The summed E-state index contributed by atoms with van der Waals surface area (Å²) >= 11 is 0. The maximum atomic E-state index is 11.6. The lowest BCUT2D eigenvalue weighted by molar-refractivity contribution is 0.222. The number of carbonyl (C=O) groups excluding carboxylic acids is 2. The van der Waals surface area contributed by atoms with Crippen molar-refractivity contribution < 1.29 is 22.2 Å². The summed E-state index contributed by atoms with van der Waals surface area (Å²) in [7, 11) is -4.56. The highest BCUT2D eigenvalue weighted by Gasteiger charge is 2.40. The minimum absolute atomic E-state index is 0.0278.